The first-order valence-corrected chi connectivity index (χ1v) is 5.03. The molecule has 4 nitrogen and oxygen atoms in total. The normalized spacial score (nSPS) is 11.1. The van der Waals surface area contributed by atoms with Gasteiger partial charge in [0.05, 0.1) is 23.3 Å². The fourth-order valence-electron chi connectivity index (χ4n) is 1.72. The minimum absolute atomic E-state index is 0.846. The average molecular weight is 215 g/mol. The van der Waals surface area contributed by atoms with Gasteiger partial charge in [-0.15, -0.1) is 0 Å². The van der Waals surface area contributed by atoms with E-state index < -0.39 is 0 Å². The third kappa shape index (κ3) is 1.69. The van der Waals surface area contributed by atoms with Crippen molar-refractivity contribution < 1.29 is 5.21 Å². The molecule has 0 amide bonds. The van der Waals surface area contributed by atoms with Crippen LogP contribution < -0.4 is 0 Å². The molecule has 2 aromatic rings. The van der Waals surface area contributed by atoms with Crippen molar-refractivity contribution in [3.05, 3.63) is 47.3 Å². The Morgan fingerprint density at radius 3 is 2.56 bits per heavy atom. The van der Waals surface area contributed by atoms with E-state index in [1.54, 1.807) is 0 Å². The number of para-hydroxylation sites is 1. The molecule has 0 bridgehead atoms. The van der Waals surface area contributed by atoms with Gasteiger partial charge in [-0.2, -0.15) is 5.10 Å². The highest BCUT2D eigenvalue weighted by Gasteiger charge is 2.10. The highest BCUT2D eigenvalue weighted by molar-refractivity contribution is 5.82. The van der Waals surface area contributed by atoms with Gasteiger partial charge in [0.2, 0.25) is 0 Å². The number of oxime groups is 1. The summed E-state index contributed by atoms with van der Waals surface area (Å²) >= 11 is 0. The van der Waals surface area contributed by atoms with Gasteiger partial charge in [-0.05, 0) is 26.0 Å². The van der Waals surface area contributed by atoms with Crippen molar-refractivity contribution in [1.29, 1.82) is 0 Å². The first-order valence-electron chi connectivity index (χ1n) is 5.03. The summed E-state index contributed by atoms with van der Waals surface area (Å²) in [5.74, 6) is 0. The Morgan fingerprint density at radius 1 is 1.25 bits per heavy atom. The summed E-state index contributed by atoms with van der Waals surface area (Å²) < 4.78 is 1.84. The number of aryl methyl sites for hydroxylation is 1. The lowest BCUT2D eigenvalue weighted by atomic mass is 10.2. The standard InChI is InChI=1S/C12H13N3O/c1-9-12(8-13-16)10(2)15(14-9)11-6-4-3-5-7-11/h3-8,16H,1-2H3. The summed E-state index contributed by atoms with van der Waals surface area (Å²) in [6, 6.07) is 9.86. The van der Waals surface area contributed by atoms with Crippen LogP contribution in [0.5, 0.6) is 0 Å². The Bertz CT molecular complexity index is 515. The van der Waals surface area contributed by atoms with Crippen molar-refractivity contribution in [3.63, 3.8) is 0 Å². The quantitative estimate of drug-likeness (QED) is 0.474. The van der Waals surface area contributed by atoms with Gasteiger partial charge < -0.3 is 5.21 Å². The molecule has 4 heteroatoms. The Balaban J connectivity index is 2.56. The molecule has 2 rings (SSSR count). The molecule has 1 N–H and O–H groups in total. The van der Waals surface area contributed by atoms with Gasteiger partial charge in [-0.25, -0.2) is 4.68 Å². The molecule has 1 heterocycles. The monoisotopic (exact) mass is 215 g/mol. The summed E-state index contributed by atoms with van der Waals surface area (Å²) in [6.45, 7) is 3.84. The van der Waals surface area contributed by atoms with E-state index in [4.69, 9.17) is 5.21 Å². The number of aromatic nitrogens is 2. The van der Waals surface area contributed by atoms with E-state index in [9.17, 15) is 0 Å². The van der Waals surface area contributed by atoms with Crippen molar-refractivity contribution in [2.45, 2.75) is 13.8 Å². The molecule has 0 radical (unpaired) electrons. The SMILES string of the molecule is Cc1nn(-c2ccccc2)c(C)c1C=NO. The molecule has 0 unspecified atom stereocenters. The summed E-state index contributed by atoms with van der Waals surface area (Å²) in [4.78, 5) is 0. The van der Waals surface area contributed by atoms with Crippen molar-refractivity contribution in [2.24, 2.45) is 5.16 Å². The number of nitrogens with zero attached hydrogens (tertiary/aromatic N) is 3. The molecule has 0 aliphatic rings. The van der Waals surface area contributed by atoms with Crippen molar-refractivity contribution in [2.75, 3.05) is 0 Å². The molecule has 0 saturated heterocycles. The minimum atomic E-state index is 0.846. The maximum Gasteiger partial charge on any atom is 0.0771 e. The van der Waals surface area contributed by atoms with Crippen LogP contribution in [0, 0.1) is 13.8 Å². The molecule has 0 saturated carbocycles. The summed E-state index contributed by atoms with van der Waals surface area (Å²) in [5, 5.41) is 16.1. The molecule has 0 aliphatic heterocycles. The Labute approximate surface area is 93.8 Å². The second-order valence-electron chi connectivity index (χ2n) is 3.58. The smallest absolute Gasteiger partial charge is 0.0771 e. The lowest BCUT2D eigenvalue weighted by molar-refractivity contribution is 0.322. The zero-order valence-electron chi connectivity index (χ0n) is 9.25. The fourth-order valence-corrected chi connectivity index (χ4v) is 1.72. The Kier molecular flexibility index (Phi) is 2.72. The van der Waals surface area contributed by atoms with Crippen LogP contribution >= 0.6 is 0 Å². The van der Waals surface area contributed by atoms with Crippen LogP contribution in [0.1, 0.15) is 17.0 Å². The molecular weight excluding hydrogens is 202 g/mol. The molecule has 0 atom stereocenters. The van der Waals surface area contributed by atoms with E-state index >= 15 is 0 Å². The fraction of sp³-hybridized carbons (Fsp3) is 0.167. The molecule has 1 aromatic heterocycles. The number of hydrogen-bond acceptors (Lipinski definition) is 3. The summed E-state index contributed by atoms with van der Waals surface area (Å²) in [6.07, 6.45) is 1.41. The van der Waals surface area contributed by atoms with Crippen LogP contribution in [-0.2, 0) is 0 Å². The largest absolute Gasteiger partial charge is 0.411 e. The minimum Gasteiger partial charge on any atom is -0.411 e. The molecule has 0 fully saturated rings. The maximum absolute atomic E-state index is 8.58. The first-order chi connectivity index (χ1) is 7.74. The molecule has 0 spiro atoms. The molecule has 1 aromatic carbocycles. The molecule has 0 aliphatic carbocycles. The highest BCUT2D eigenvalue weighted by atomic mass is 16.4. The predicted molar refractivity (Wildman–Crippen MR) is 62.4 cm³/mol. The van der Waals surface area contributed by atoms with E-state index in [1.165, 1.54) is 6.21 Å². The van der Waals surface area contributed by atoms with Crippen molar-refractivity contribution in [3.8, 4) is 5.69 Å². The molecule has 82 valence electrons. The van der Waals surface area contributed by atoms with Crippen LogP contribution in [0.3, 0.4) is 0 Å². The zero-order chi connectivity index (χ0) is 11.5. The van der Waals surface area contributed by atoms with Crippen LogP contribution in [0.15, 0.2) is 35.5 Å². The van der Waals surface area contributed by atoms with E-state index in [1.807, 2.05) is 48.9 Å². The van der Waals surface area contributed by atoms with E-state index in [2.05, 4.69) is 10.3 Å². The maximum atomic E-state index is 8.58. The van der Waals surface area contributed by atoms with Gasteiger partial charge >= 0.3 is 0 Å². The summed E-state index contributed by atoms with van der Waals surface area (Å²) in [5.41, 5.74) is 3.66. The summed E-state index contributed by atoms with van der Waals surface area (Å²) in [7, 11) is 0. The van der Waals surface area contributed by atoms with E-state index in [-0.39, 0.29) is 0 Å². The van der Waals surface area contributed by atoms with E-state index in [0.717, 1.165) is 22.6 Å². The third-order valence-electron chi connectivity index (χ3n) is 2.53. The van der Waals surface area contributed by atoms with E-state index in [0.29, 0.717) is 0 Å². The van der Waals surface area contributed by atoms with Crippen LogP contribution in [0.4, 0.5) is 0 Å². The number of hydrogen-bond donors (Lipinski definition) is 1. The topological polar surface area (TPSA) is 50.4 Å². The second-order valence-corrected chi connectivity index (χ2v) is 3.58. The third-order valence-corrected chi connectivity index (χ3v) is 2.53. The van der Waals surface area contributed by atoms with Gasteiger partial charge in [0.15, 0.2) is 0 Å². The zero-order valence-corrected chi connectivity index (χ0v) is 9.25. The Morgan fingerprint density at radius 2 is 1.94 bits per heavy atom. The Hall–Kier alpha value is -2.10. The van der Waals surface area contributed by atoms with Gasteiger partial charge in [-0.1, -0.05) is 23.4 Å². The van der Waals surface area contributed by atoms with Crippen molar-refractivity contribution >= 4 is 6.21 Å². The lowest BCUT2D eigenvalue weighted by Gasteiger charge is -2.03. The van der Waals surface area contributed by atoms with Gasteiger partial charge in [0, 0.05) is 5.56 Å². The first kappa shape index (κ1) is 10.4. The second kappa shape index (κ2) is 4.18. The van der Waals surface area contributed by atoms with Gasteiger partial charge in [0.25, 0.3) is 0 Å². The molecule has 16 heavy (non-hydrogen) atoms. The predicted octanol–water partition coefficient (Wildman–Crippen LogP) is 2.30. The van der Waals surface area contributed by atoms with Crippen LogP contribution in [0.25, 0.3) is 5.69 Å². The average Bonchev–Trinajstić information content (AvgIpc) is 2.59. The van der Waals surface area contributed by atoms with Crippen LogP contribution in [0.2, 0.25) is 0 Å². The van der Waals surface area contributed by atoms with Gasteiger partial charge in [-0.3, -0.25) is 0 Å². The number of benzene rings is 1. The van der Waals surface area contributed by atoms with Crippen LogP contribution in [-0.4, -0.2) is 21.2 Å². The molecular formula is C12H13N3O. The number of rotatable bonds is 2. The lowest BCUT2D eigenvalue weighted by Crippen LogP contribution is -1.98. The van der Waals surface area contributed by atoms with Gasteiger partial charge in [0.1, 0.15) is 0 Å². The van der Waals surface area contributed by atoms with Crippen molar-refractivity contribution in [1.82, 2.24) is 9.78 Å². The highest BCUT2D eigenvalue weighted by Crippen LogP contribution is 2.15.